The van der Waals surface area contributed by atoms with E-state index >= 15 is 0 Å². The molecule has 0 saturated carbocycles. The Kier molecular flexibility index (Phi) is 9.05. The Morgan fingerprint density at radius 2 is 2.06 bits per heavy atom. The molecule has 1 aliphatic rings. The zero-order chi connectivity index (χ0) is 25.3. The number of aromatic nitrogens is 1. The maximum Gasteiger partial charge on any atom is 0.251 e. The fourth-order valence-corrected chi connectivity index (χ4v) is 4.92. The molecular formula is C27H33N5O3S. The number of anilines is 2. The molecule has 1 saturated heterocycles. The first-order valence-corrected chi connectivity index (χ1v) is 13.2. The lowest BCUT2D eigenvalue weighted by molar-refractivity contribution is -0.117. The molecule has 9 heteroatoms. The molecule has 36 heavy (non-hydrogen) atoms. The summed E-state index contributed by atoms with van der Waals surface area (Å²) in [5.74, 6) is -0.221. The largest absolute Gasteiger partial charge is 0.390 e. The van der Waals surface area contributed by atoms with Crippen molar-refractivity contribution in [2.45, 2.75) is 44.9 Å². The Morgan fingerprint density at radius 3 is 2.75 bits per heavy atom. The lowest BCUT2D eigenvalue weighted by Crippen LogP contribution is -2.48. The third-order valence-corrected chi connectivity index (χ3v) is 6.92. The third-order valence-electron chi connectivity index (χ3n) is 6.14. The van der Waals surface area contributed by atoms with Gasteiger partial charge in [-0.15, -0.1) is 11.3 Å². The number of hydrogen-bond donors (Lipinski definition) is 4. The number of aliphatic hydroxyl groups excluding tert-OH is 1. The summed E-state index contributed by atoms with van der Waals surface area (Å²) >= 11 is 1.55. The van der Waals surface area contributed by atoms with Crippen molar-refractivity contribution in [1.82, 2.24) is 15.6 Å². The molecule has 1 aliphatic heterocycles. The first kappa shape index (κ1) is 25.8. The summed E-state index contributed by atoms with van der Waals surface area (Å²) in [7, 11) is 0. The minimum Gasteiger partial charge on any atom is -0.390 e. The van der Waals surface area contributed by atoms with Crippen LogP contribution >= 0.6 is 11.3 Å². The average Bonchev–Trinajstić information content (AvgIpc) is 3.56. The molecule has 0 bridgehead atoms. The minimum atomic E-state index is -0.814. The SMILES string of the molecule is CCNc1cc(C(=O)N[C@@H](Cc2ccccc2)[C@@H](O)CNCc2nccs2)cc(N2CCCC2=O)c1. The summed E-state index contributed by atoms with van der Waals surface area (Å²) in [5, 5.41) is 23.4. The second-order valence-corrected chi connectivity index (χ2v) is 9.82. The maximum atomic E-state index is 13.4. The quantitative estimate of drug-likeness (QED) is 0.300. The van der Waals surface area contributed by atoms with Crippen molar-refractivity contribution in [3.63, 3.8) is 0 Å². The molecule has 2 aromatic carbocycles. The van der Waals surface area contributed by atoms with Crippen LogP contribution in [0.4, 0.5) is 11.4 Å². The smallest absolute Gasteiger partial charge is 0.251 e. The summed E-state index contributed by atoms with van der Waals surface area (Å²) in [6, 6.07) is 14.7. The monoisotopic (exact) mass is 507 g/mol. The summed E-state index contributed by atoms with van der Waals surface area (Å²) in [5.41, 5.74) is 2.96. The maximum absolute atomic E-state index is 13.4. The number of thiazole rings is 1. The highest BCUT2D eigenvalue weighted by Crippen LogP contribution is 2.27. The highest BCUT2D eigenvalue weighted by Gasteiger charge is 2.25. The normalized spacial score (nSPS) is 15.1. The molecule has 4 rings (SSSR count). The Balaban J connectivity index is 1.51. The summed E-state index contributed by atoms with van der Waals surface area (Å²) < 4.78 is 0. The van der Waals surface area contributed by atoms with E-state index in [0.717, 1.165) is 22.7 Å². The average molecular weight is 508 g/mol. The van der Waals surface area contributed by atoms with Crippen LogP contribution in [0.15, 0.2) is 60.1 Å². The van der Waals surface area contributed by atoms with E-state index in [-0.39, 0.29) is 11.8 Å². The van der Waals surface area contributed by atoms with E-state index < -0.39 is 12.1 Å². The van der Waals surface area contributed by atoms with Gasteiger partial charge in [0.15, 0.2) is 0 Å². The molecule has 2 atom stereocenters. The van der Waals surface area contributed by atoms with Crippen molar-refractivity contribution in [2.24, 2.45) is 0 Å². The van der Waals surface area contributed by atoms with Gasteiger partial charge in [-0.2, -0.15) is 0 Å². The molecule has 1 aromatic heterocycles. The standard InChI is InChI=1S/C27H33N5O3S/c1-2-29-21-14-20(15-22(16-21)32-11-6-9-26(32)34)27(35)31-23(13-19-7-4-3-5-8-19)24(33)17-28-18-25-30-10-12-36-25/h3-5,7-8,10,12,14-16,23-24,28-29,33H,2,6,9,11,13,17-18H2,1H3,(H,31,35)/t23-,24-/m0/s1. The van der Waals surface area contributed by atoms with E-state index in [1.165, 1.54) is 0 Å². The summed E-state index contributed by atoms with van der Waals surface area (Å²) in [6.45, 7) is 4.19. The summed E-state index contributed by atoms with van der Waals surface area (Å²) in [6.07, 6.45) is 2.75. The van der Waals surface area contributed by atoms with Gasteiger partial charge in [0, 0.05) is 61.1 Å². The van der Waals surface area contributed by atoms with Crippen molar-refractivity contribution >= 4 is 34.5 Å². The van der Waals surface area contributed by atoms with E-state index in [1.807, 2.05) is 48.7 Å². The van der Waals surface area contributed by atoms with Gasteiger partial charge in [0.25, 0.3) is 5.91 Å². The van der Waals surface area contributed by atoms with Crippen LogP contribution in [0, 0.1) is 0 Å². The lowest BCUT2D eigenvalue weighted by atomic mass is 10.00. The van der Waals surface area contributed by atoms with Crippen LogP contribution < -0.4 is 20.9 Å². The van der Waals surface area contributed by atoms with Gasteiger partial charge in [0.05, 0.1) is 12.1 Å². The van der Waals surface area contributed by atoms with E-state index in [2.05, 4.69) is 20.9 Å². The van der Waals surface area contributed by atoms with Crippen molar-refractivity contribution < 1.29 is 14.7 Å². The van der Waals surface area contributed by atoms with Gasteiger partial charge < -0.3 is 26.0 Å². The molecule has 0 aliphatic carbocycles. The number of hydrogen-bond acceptors (Lipinski definition) is 7. The number of nitrogens with zero attached hydrogens (tertiary/aromatic N) is 2. The predicted octanol–water partition coefficient (Wildman–Crippen LogP) is 3.19. The highest BCUT2D eigenvalue weighted by atomic mass is 32.1. The Bertz CT molecular complexity index is 1140. The molecule has 2 amide bonds. The van der Waals surface area contributed by atoms with Crippen LogP contribution in [0.1, 0.15) is 40.7 Å². The predicted molar refractivity (Wildman–Crippen MR) is 143 cm³/mol. The zero-order valence-electron chi connectivity index (χ0n) is 20.4. The second-order valence-electron chi connectivity index (χ2n) is 8.84. The van der Waals surface area contributed by atoms with Gasteiger partial charge in [-0.05, 0) is 43.5 Å². The number of benzene rings is 2. The van der Waals surface area contributed by atoms with Crippen molar-refractivity contribution in [3.8, 4) is 0 Å². The van der Waals surface area contributed by atoms with E-state index in [0.29, 0.717) is 50.3 Å². The van der Waals surface area contributed by atoms with Crippen molar-refractivity contribution in [3.05, 3.63) is 76.2 Å². The van der Waals surface area contributed by atoms with Gasteiger partial charge in [-0.3, -0.25) is 9.59 Å². The van der Waals surface area contributed by atoms with Crippen molar-refractivity contribution in [1.29, 1.82) is 0 Å². The molecule has 0 radical (unpaired) electrons. The van der Waals surface area contributed by atoms with Crippen LogP contribution in [0.2, 0.25) is 0 Å². The third kappa shape index (κ3) is 6.90. The Labute approximate surface area is 215 Å². The number of carbonyl (C=O) groups excluding carboxylic acids is 2. The number of aliphatic hydroxyl groups is 1. The molecule has 0 spiro atoms. The number of nitrogens with one attached hydrogen (secondary N) is 3. The number of amides is 2. The lowest BCUT2D eigenvalue weighted by Gasteiger charge is -2.25. The Hall–Kier alpha value is -3.27. The van der Waals surface area contributed by atoms with Gasteiger partial charge >= 0.3 is 0 Å². The summed E-state index contributed by atoms with van der Waals surface area (Å²) in [4.78, 5) is 31.8. The second kappa shape index (κ2) is 12.6. The topological polar surface area (TPSA) is 107 Å². The van der Waals surface area contributed by atoms with Crippen LogP contribution in [0.25, 0.3) is 0 Å². The fraction of sp³-hybridized carbons (Fsp3) is 0.370. The molecule has 2 heterocycles. The highest BCUT2D eigenvalue weighted by molar-refractivity contribution is 7.09. The molecule has 4 N–H and O–H groups in total. The fourth-order valence-electron chi connectivity index (χ4n) is 4.34. The molecular weight excluding hydrogens is 474 g/mol. The first-order valence-electron chi connectivity index (χ1n) is 12.3. The molecule has 8 nitrogen and oxygen atoms in total. The van der Waals surface area contributed by atoms with E-state index in [1.54, 1.807) is 34.6 Å². The number of carbonyl (C=O) groups is 2. The van der Waals surface area contributed by atoms with E-state index in [4.69, 9.17) is 0 Å². The Morgan fingerprint density at radius 1 is 1.22 bits per heavy atom. The van der Waals surface area contributed by atoms with Crippen LogP contribution in [-0.4, -0.2) is 53.7 Å². The van der Waals surface area contributed by atoms with Crippen LogP contribution in [0.5, 0.6) is 0 Å². The van der Waals surface area contributed by atoms with Crippen LogP contribution in [-0.2, 0) is 17.8 Å². The van der Waals surface area contributed by atoms with Crippen molar-refractivity contribution in [2.75, 3.05) is 29.9 Å². The number of rotatable bonds is 12. The van der Waals surface area contributed by atoms with Gasteiger partial charge in [0.2, 0.25) is 5.91 Å². The minimum absolute atomic E-state index is 0.0682. The van der Waals surface area contributed by atoms with Gasteiger partial charge in [-0.25, -0.2) is 4.98 Å². The first-order chi connectivity index (χ1) is 17.5. The molecule has 3 aromatic rings. The molecule has 190 valence electrons. The van der Waals surface area contributed by atoms with Crippen LogP contribution in [0.3, 0.4) is 0 Å². The molecule has 1 fully saturated rings. The van der Waals surface area contributed by atoms with Gasteiger partial charge in [-0.1, -0.05) is 30.3 Å². The van der Waals surface area contributed by atoms with E-state index in [9.17, 15) is 14.7 Å². The zero-order valence-corrected chi connectivity index (χ0v) is 21.3. The molecule has 0 unspecified atom stereocenters. The van der Waals surface area contributed by atoms with Gasteiger partial charge in [0.1, 0.15) is 5.01 Å².